The molecule has 2 aromatic carbocycles. The highest BCUT2D eigenvalue weighted by atomic mass is 32.2. The van der Waals surface area contributed by atoms with Gasteiger partial charge in [-0.15, -0.1) is 5.10 Å². The van der Waals surface area contributed by atoms with Gasteiger partial charge in [-0.1, -0.05) is 23.4 Å². The molecule has 0 spiro atoms. The molecule has 0 fully saturated rings. The Morgan fingerprint density at radius 3 is 2.68 bits per heavy atom. The lowest BCUT2D eigenvalue weighted by Gasteiger charge is -2.17. The molecule has 2 heterocycles. The molecule has 0 saturated carbocycles. The minimum Gasteiger partial charge on any atom is -0.365 e. The van der Waals surface area contributed by atoms with E-state index in [1.165, 1.54) is 0 Å². The molecule has 0 radical (unpaired) electrons. The molecule has 0 aliphatic carbocycles. The number of sulfonamides is 1. The molecule has 4 rings (SSSR count). The average molecular weight is 355 g/mol. The Bertz CT molecular complexity index is 1010. The molecule has 1 aliphatic heterocycles. The zero-order valence-electron chi connectivity index (χ0n) is 13.4. The third kappa shape index (κ3) is 3.13. The van der Waals surface area contributed by atoms with E-state index in [4.69, 9.17) is 5.14 Å². The molecule has 3 aromatic rings. The Morgan fingerprint density at radius 1 is 1.12 bits per heavy atom. The first kappa shape index (κ1) is 15.8. The van der Waals surface area contributed by atoms with Crippen LogP contribution in [0.4, 0.5) is 5.69 Å². The number of anilines is 1. The highest BCUT2D eigenvalue weighted by molar-refractivity contribution is 7.89. The largest absolute Gasteiger partial charge is 0.365 e. The van der Waals surface area contributed by atoms with Crippen LogP contribution in [0, 0.1) is 0 Å². The first-order valence-corrected chi connectivity index (χ1v) is 9.43. The third-order valence-electron chi connectivity index (χ3n) is 4.29. The summed E-state index contributed by atoms with van der Waals surface area (Å²) in [7, 11) is -3.67. The average Bonchev–Trinajstić information content (AvgIpc) is 3.22. The van der Waals surface area contributed by atoms with Crippen molar-refractivity contribution in [2.45, 2.75) is 17.9 Å². The SMILES string of the molecule is NS(=O)(=O)c1ccc2c(c1)CCN2Cc1cn(-c2ccccc2)nn1. The molecular weight excluding hydrogens is 338 g/mol. The number of benzene rings is 2. The molecule has 0 unspecified atom stereocenters. The first-order chi connectivity index (χ1) is 12.0. The lowest BCUT2D eigenvalue weighted by molar-refractivity contribution is 0.597. The molecule has 1 aliphatic rings. The number of para-hydroxylation sites is 1. The summed E-state index contributed by atoms with van der Waals surface area (Å²) < 4.78 is 24.7. The molecule has 0 saturated heterocycles. The van der Waals surface area contributed by atoms with Crippen LogP contribution >= 0.6 is 0 Å². The molecule has 25 heavy (non-hydrogen) atoms. The predicted octanol–water partition coefficient (Wildman–Crippen LogP) is 1.48. The molecule has 0 amide bonds. The molecule has 0 bridgehead atoms. The summed E-state index contributed by atoms with van der Waals surface area (Å²) >= 11 is 0. The number of hydrogen-bond acceptors (Lipinski definition) is 5. The van der Waals surface area contributed by atoms with Crippen LogP contribution in [0.5, 0.6) is 0 Å². The number of nitrogens with zero attached hydrogens (tertiary/aromatic N) is 4. The molecule has 8 heteroatoms. The predicted molar refractivity (Wildman–Crippen MR) is 93.9 cm³/mol. The van der Waals surface area contributed by atoms with Crippen molar-refractivity contribution in [3.63, 3.8) is 0 Å². The van der Waals surface area contributed by atoms with Crippen LogP contribution in [-0.4, -0.2) is 30.0 Å². The first-order valence-electron chi connectivity index (χ1n) is 7.88. The van der Waals surface area contributed by atoms with Gasteiger partial charge < -0.3 is 4.90 Å². The number of fused-ring (bicyclic) bond motifs is 1. The fraction of sp³-hybridized carbons (Fsp3) is 0.176. The highest BCUT2D eigenvalue weighted by Crippen LogP contribution is 2.30. The van der Waals surface area contributed by atoms with E-state index >= 15 is 0 Å². The van der Waals surface area contributed by atoms with E-state index in [1.807, 2.05) is 42.6 Å². The fourth-order valence-electron chi connectivity index (χ4n) is 3.06. The molecule has 1 aromatic heterocycles. The number of primary sulfonamides is 1. The van der Waals surface area contributed by atoms with E-state index in [0.29, 0.717) is 6.54 Å². The maximum atomic E-state index is 11.5. The minimum absolute atomic E-state index is 0.156. The van der Waals surface area contributed by atoms with Gasteiger partial charge in [-0.25, -0.2) is 18.2 Å². The lowest BCUT2D eigenvalue weighted by atomic mass is 10.2. The van der Waals surface area contributed by atoms with Crippen molar-refractivity contribution in [1.29, 1.82) is 0 Å². The van der Waals surface area contributed by atoms with Crippen molar-refractivity contribution < 1.29 is 8.42 Å². The van der Waals surface area contributed by atoms with Crippen molar-refractivity contribution in [2.24, 2.45) is 5.14 Å². The summed E-state index contributed by atoms with van der Waals surface area (Å²) in [6.45, 7) is 1.43. The summed E-state index contributed by atoms with van der Waals surface area (Å²) in [5.41, 5.74) is 3.82. The van der Waals surface area contributed by atoms with Gasteiger partial charge in [0.25, 0.3) is 0 Å². The van der Waals surface area contributed by atoms with Crippen LogP contribution in [0.15, 0.2) is 59.6 Å². The van der Waals surface area contributed by atoms with E-state index in [9.17, 15) is 8.42 Å². The van der Waals surface area contributed by atoms with E-state index in [0.717, 1.165) is 35.6 Å². The summed E-state index contributed by atoms with van der Waals surface area (Å²) in [5, 5.41) is 13.6. The zero-order valence-corrected chi connectivity index (χ0v) is 14.2. The lowest BCUT2D eigenvalue weighted by Crippen LogP contribution is -2.20. The van der Waals surface area contributed by atoms with E-state index < -0.39 is 10.0 Å². The van der Waals surface area contributed by atoms with Gasteiger partial charge in [-0.3, -0.25) is 0 Å². The van der Waals surface area contributed by atoms with E-state index in [2.05, 4.69) is 15.2 Å². The molecule has 2 N–H and O–H groups in total. The molecular formula is C17H17N5O2S. The highest BCUT2D eigenvalue weighted by Gasteiger charge is 2.22. The third-order valence-corrected chi connectivity index (χ3v) is 5.20. The summed E-state index contributed by atoms with van der Waals surface area (Å²) in [4.78, 5) is 2.32. The second-order valence-electron chi connectivity index (χ2n) is 6.00. The van der Waals surface area contributed by atoms with Gasteiger partial charge in [0.05, 0.1) is 23.3 Å². The maximum absolute atomic E-state index is 11.5. The quantitative estimate of drug-likeness (QED) is 0.765. The Labute approximate surface area is 145 Å². The van der Waals surface area contributed by atoms with Crippen molar-refractivity contribution in [3.05, 3.63) is 66.0 Å². The summed E-state index contributed by atoms with van der Waals surface area (Å²) in [6.07, 6.45) is 2.69. The zero-order chi connectivity index (χ0) is 17.4. The van der Waals surface area contributed by atoms with Crippen LogP contribution < -0.4 is 10.0 Å². The van der Waals surface area contributed by atoms with Crippen LogP contribution in [0.1, 0.15) is 11.3 Å². The molecule has 0 atom stereocenters. The van der Waals surface area contributed by atoms with Crippen molar-refractivity contribution in [1.82, 2.24) is 15.0 Å². The normalized spacial score (nSPS) is 13.9. The maximum Gasteiger partial charge on any atom is 0.238 e. The van der Waals surface area contributed by atoms with Gasteiger partial charge in [0.1, 0.15) is 5.69 Å². The van der Waals surface area contributed by atoms with Crippen LogP contribution in [0.2, 0.25) is 0 Å². The Morgan fingerprint density at radius 2 is 1.92 bits per heavy atom. The Balaban J connectivity index is 1.55. The second kappa shape index (κ2) is 5.98. The standard InChI is InChI=1S/C17H17N5O2S/c18-25(23,24)16-6-7-17-13(10-16)8-9-21(17)11-14-12-22(20-19-14)15-4-2-1-3-5-15/h1-7,10,12H,8-9,11H2,(H2,18,23,24). The van der Waals surface area contributed by atoms with E-state index in [1.54, 1.807) is 16.8 Å². The topological polar surface area (TPSA) is 94.1 Å². The Hall–Kier alpha value is -2.71. The van der Waals surface area contributed by atoms with Gasteiger partial charge in [-0.05, 0) is 42.3 Å². The number of rotatable bonds is 4. The monoisotopic (exact) mass is 355 g/mol. The van der Waals surface area contributed by atoms with Gasteiger partial charge in [0.2, 0.25) is 10.0 Å². The van der Waals surface area contributed by atoms with Crippen LogP contribution in [0.25, 0.3) is 5.69 Å². The van der Waals surface area contributed by atoms with Crippen molar-refractivity contribution in [2.75, 3.05) is 11.4 Å². The minimum atomic E-state index is -3.67. The Kier molecular flexibility index (Phi) is 3.78. The number of aromatic nitrogens is 3. The van der Waals surface area contributed by atoms with Crippen molar-refractivity contribution in [3.8, 4) is 5.69 Å². The van der Waals surface area contributed by atoms with Gasteiger partial charge in [0.15, 0.2) is 0 Å². The second-order valence-corrected chi connectivity index (χ2v) is 7.56. The van der Waals surface area contributed by atoms with Gasteiger partial charge in [-0.2, -0.15) is 0 Å². The molecule has 128 valence electrons. The van der Waals surface area contributed by atoms with Gasteiger partial charge >= 0.3 is 0 Å². The number of hydrogen-bond donors (Lipinski definition) is 1. The summed E-state index contributed by atoms with van der Waals surface area (Å²) in [5.74, 6) is 0. The smallest absolute Gasteiger partial charge is 0.238 e. The van der Waals surface area contributed by atoms with Gasteiger partial charge in [0, 0.05) is 12.2 Å². The number of nitrogens with two attached hydrogens (primary N) is 1. The van der Waals surface area contributed by atoms with Crippen LogP contribution in [-0.2, 0) is 23.0 Å². The van der Waals surface area contributed by atoms with Crippen molar-refractivity contribution >= 4 is 15.7 Å². The van der Waals surface area contributed by atoms with E-state index in [-0.39, 0.29) is 4.90 Å². The molecule has 7 nitrogen and oxygen atoms in total. The fourth-order valence-corrected chi connectivity index (χ4v) is 3.63. The summed E-state index contributed by atoms with van der Waals surface area (Å²) in [6, 6.07) is 14.8. The van der Waals surface area contributed by atoms with Crippen LogP contribution in [0.3, 0.4) is 0 Å².